The van der Waals surface area contributed by atoms with Crippen LogP contribution in [0.2, 0.25) is 5.15 Å². The van der Waals surface area contributed by atoms with Gasteiger partial charge in [-0.15, -0.1) is 0 Å². The van der Waals surface area contributed by atoms with Gasteiger partial charge in [0, 0.05) is 63.5 Å². The third-order valence-electron chi connectivity index (χ3n) is 6.70. The Morgan fingerprint density at radius 1 is 1.10 bits per heavy atom. The van der Waals surface area contributed by atoms with Crippen molar-refractivity contribution in [3.63, 3.8) is 0 Å². The number of nitrogens with one attached hydrogen (secondary N) is 1. The summed E-state index contributed by atoms with van der Waals surface area (Å²) in [7, 11) is 1.63. The number of nitrogens with zero attached hydrogens (tertiary/aromatic N) is 7. The summed E-state index contributed by atoms with van der Waals surface area (Å²) in [5, 5.41) is 3.29. The predicted octanol–water partition coefficient (Wildman–Crippen LogP) is 2.80. The van der Waals surface area contributed by atoms with Gasteiger partial charge in [0.25, 0.3) is 5.91 Å². The molecule has 1 N–H and O–H groups in total. The molecule has 4 aromatic rings. The normalized spacial score (nSPS) is 15.1. The number of hydrogen-bond acceptors (Lipinski definition) is 8. The number of methoxy groups -OCH3 is 1. The Hall–Kier alpha value is -4.51. The highest BCUT2D eigenvalue weighted by atomic mass is 35.5. The van der Waals surface area contributed by atoms with Crippen LogP contribution in [0.1, 0.15) is 22.3 Å². The van der Waals surface area contributed by atoms with E-state index in [0.29, 0.717) is 49.9 Å². The van der Waals surface area contributed by atoms with Crippen molar-refractivity contribution in [1.29, 1.82) is 0 Å². The molecule has 1 aliphatic rings. The lowest BCUT2D eigenvalue weighted by atomic mass is 10.1. The number of ether oxygens (including phenoxy) is 1. The van der Waals surface area contributed by atoms with Crippen LogP contribution in [-0.4, -0.2) is 80.5 Å². The third kappa shape index (κ3) is 6.55. The molecule has 1 aromatic carbocycles. The number of carbonyl (C=O) groups is 2. The molecule has 1 aliphatic heterocycles. The van der Waals surface area contributed by atoms with Gasteiger partial charge >= 0.3 is 0 Å². The zero-order valence-electron chi connectivity index (χ0n) is 22.0. The first-order valence-corrected chi connectivity index (χ1v) is 13.3. The van der Waals surface area contributed by atoms with Crippen LogP contribution in [0.4, 0.5) is 5.82 Å². The summed E-state index contributed by atoms with van der Waals surface area (Å²) in [5.41, 5.74) is 1.57. The highest BCUT2D eigenvalue weighted by Crippen LogP contribution is 2.24. The van der Waals surface area contributed by atoms with Gasteiger partial charge in [-0.1, -0.05) is 23.7 Å². The van der Waals surface area contributed by atoms with Gasteiger partial charge in [-0.25, -0.2) is 9.97 Å². The molecule has 1 fully saturated rings. The van der Waals surface area contributed by atoms with Crippen LogP contribution in [-0.2, 0) is 11.2 Å². The smallest absolute Gasteiger partial charge is 0.255 e. The second-order valence-electron chi connectivity index (χ2n) is 9.31. The van der Waals surface area contributed by atoms with Gasteiger partial charge in [0.1, 0.15) is 23.0 Å². The summed E-state index contributed by atoms with van der Waals surface area (Å²) in [6.45, 7) is 1.79. The lowest BCUT2D eigenvalue weighted by molar-refractivity contribution is -0.122. The van der Waals surface area contributed by atoms with Crippen LogP contribution in [0.3, 0.4) is 0 Å². The van der Waals surface area contributed by atoms with E-state index in [0.717, 1.165) is 11.3 Å². The van der Waals surface area contributed by atoms with Gasteiger partial charge in [0.15, 0.2) is 0 Å². The van der Waals surface area contributed by atoms with Crippen molar-refractivity contribution in [3.05, 3.63) is 89.9 Å². The Morgan fingerprint density at radius 2 is 1.95 bits per heavy atom. The number of imidazole rings is 1. The Balaban J connectivity index is 1.30. The number of anilines is 1. The molecular weight excluding hydrogens is 532 g/mol. The molecule has 1 saturated heterocycles. The molecule has 11 nitrogen and oxygen atoms in total. The van der Waals surface area contributed by atoms with Crippen LogP contribution in [0.15, 0.2) is 73.6 Å². The number of aromatic nitrogens is 5. The lowest BCUT2D eigenvalue weighted by Crippen LogP contribution is -2.56. The fraction of sp³-hybridized carbons (Fsp3) is 0.286. The van der Waals surface area contributed by atoms with Crippen LogP contribution < -0.4 is 15.0 Å². The van der Waals surface area contributed by atoms with E-state index in [1.54, 1.807) is 65.9 Å². The zero-order valence-corrected chi connectivity index (χ0v) is 22.7. The fourth-order valence-corrected chi connectivity index (χ4v) is 4.81. The molecule has 5 rings (SSSR count). The number of amides is 2. The molecule has 12 heteroatoms. The summed E-state index contributed by atoms with van der Waals surface area (Å²) >= 11 is 6.34. The van der Waals surface area contributed by atoms with Crippen LogP contribution in [0.5, 0.6) is 5.75 Å². The standard InChI is InChI=1S/C28H29ClN8O3/c1-40-23-6-4-20(5-7-23)8-10-32-26(38)15-22-18-35(13-14-37(22)27(39)21-3-2-9-30-17-21)25-16-24(29)33-28(34-25)36-12-11-31-19-36/h2-7,9,11-12,16-17,19,22H,8,10,13-15,18H2,1H3,(H,32,38). The molecule has 0 saturated carbocycles. The molecule has 40 heavy (non-hydrogen) atoms. The van der Waals surface area contributed by atoms with Crippen molar-refractivity contribution in [3.8, 4) is 11.7 Å². The largest absolute Gasteiger partial charge is 0.497 e. The van der Waals surface area contributed by atoms with Crippen molar-refractivity contribution >= 4 is 29.2 Å². The Kier molecular flexibility index (Phi) is 8.50. The summed E-state index contributed by atoms with van der Waals surface area (Å²) in [4.78, 5) is 47.4. The van der Waals surface area contributed by atoms with Crippen molar-refractivity contribution < 1.29 is 14.3 Å². The second-order valence-corrected chi connectivity index (χ2v) is 9.70. The topological polar surface area (TPSA) is 118 Å². The van der Waals surface area contributed by atoms with E-state index in [9.17, 15) is 9.59 Å². The summed E-state index contributed by atoms with van der Waals surface area (Å²) < 4.78 is 6.87. The Morgan fingerprint density at radius 3 is 2.67 bits per heavy atom. The Bertz CT molecular complexity index is 1430. The SMILES string of the molecule is COc1ccc(CCNC(=O)CC2CN(c3cc(Cl)nc(-n4ccnc4)n3)CCN2C(=O)c2cccnc2)cc1. The minimum absolute atomic E-state index is 0.135. The molecule has 0 bridgehead atoms. The van der Waals surface area contributed by atoms with E-state index in [1.165, 1.54) is 0 Å². The summed E-state index contributed by atoms with van der Waals surface area (Å²) in [6.07, 6.45) is 8.95. The summed E-state index contributed by atoms with van der Waals surface area (Å²) in [5.74, 6) is 1.49. The first-order valence-electron chi connectivity index (χ1n) is 12.9. The van der Waals surface area contributed by atoms with Crippen LogP contribution >= 0.6 is 11.6 Å². The molecule has 3 aromatic heterocycles. The number of carbonyl (C=O) groups excluding carboxylic acids is 2. The molecule has 1 atom stereocenters. The first-order chi connectivity index (χ1) is 19.5. The quantitative estimate of drug-likeness (QED) is 0.310. The Labute approximate surface area is 236 Å². The highest BCUT2D eigenvalue weighted by Gasteiger charge is 2.33. The molecular formula is C28H29ClN8O3. The van der Waals surface area contributed by atoms with Gasteiger partial charge in [-0.3, -0.25) is 19.1 Å². The van der Waals surface area contributed by atoms with Gasteiger partial charge in [0.2, 0.25) is 11.9 Å². The fourth-order valence-electron chi connectivity index (χ4n) is 4.63. The average Bonchev–Trinajstić information content (AvgIpc) is 3.53. The number of halogens is 1. The maximum atomic E-state index is 13.4. The van der Waals surface area contributed by atoms with E-state index < -0.39 is 6.04 Å². The number of piperazine rings is 1. The molecule has 206 valence electrons. The molecule has 1 unspecified atom stereocenters. The first kappa shape index (κ1) is 27.1. The molecule has 4 heterocycles. The number of benzene rings is 1. The van der Waals surface area contributed by atoms with Crippen molar-refractivity contribution in [1.82, 2.24) is 34.7 Å². The van der Waals surface area contributed by atoms with E-state index in [1.807, 2.05) is 29.2 Å². The van der Waals surface area contributed by atoms with E-state index in [2.05, 4.69) is 25.3 Å². The second kappa shape index (κ2) is 12.6. The van der Waals surface area contributed by atoms with Gasteiger partial charge in [-0.2, -0.15) is 4.98 Å². The maximum Gasteiger partial charge on any atom is 0.255 e. The van der Waals surface area contributed by atoms with E-state index >= 15 is 0 Å². The lowest BCUT2D eigenvalue weighted by Gasteiger charge is -2.41. The number of hydrogen-bond donors (Lipinski definition) is 1. The van der Waals surface area contributed by atoms with Gasteiger partial charge in [0.05, 0.1) is 18.7 Å². The molecule has 0 radical (unpaired) electrons. The molecule has 0 aliphatic carbocycles. The van der Waals surface area contributed by atoms with Crippen LogP contribution in [0, 0.1) is 0 Å². The van der Waals surface area contributed by atoms with E-state index in [4.69, 9.17) is 16.3 Å². The van der Waals surface area contributed by atoms with Gasteiger partial charge < -0.3 is 19.9 Å². The number of pyridine rings is 1. The number of rotatable bonds is 9. The van der Waals surface area contributed by atoms with Crippen molar-refractivity contribution in [2.45, 2.75) is 18.9 Å². The third-order valence-corrected chi connectivity index (χ3v) is 6.89. The van der Waals surface area contributed by atoms with Crippen molar-refractivity contribution in [2.24, 2.45) is 0 Å². The van der Waals surface area contributed by atoms with E-state index in [-0.39, 0.29) is 23.4 Å². The predicted molar refractivity (Wildman–Crippen MR) is 150 cm³/mol. The van der Waals surface area contributed by atoms with Crippen LogP contribution in [0.25, 0.3) is 5.95 Å². The highest BCUT2D eigenvalue weighted by molar-refractivity contribution is 6.29. The summed E-state index contributed by atoms with van der Waals surface area (Å²) in [6, 6.07) is 12.5. The minimum Gasteiger partial charge on any atom is -0.497 e. The van der Waals surface area contributed by atoms with Crippen molar-refractivity contribution in [2.75, 3.05) is 38.2 Å². The monoisotopic (exact) mass is 560 g/mol. The minimum atomic E-state index is -0.395. The average molecular weight is 561 g/mol. The zero-order chi connectivity index (χ0) is 27.9. The maximum absolute atomic E-state index is 13.4. The molecule has 2 amide bonds. The molecule has 0 spiro atoms. The van der Waals surface area contributed by atoms with Gasteiger partial charge in [-0.05, 0) is 36.2 Å².